The van der Waals surface area contributed by atoms with E-state index in [1.165, 1.54) is 6.42 Å². The van der Waals surface area contributed by atoms with Crippen LogP contribution in [-0.2, 0) is 4.79 Å². The zero-order chi connectivity index (χ0) is 14.8. The lowest BCUT2D eigenvalue weighted by atomic mass is 9.96. The van der Waals surface area contributed by atoms with Crippen LogP contribution in [0.15, 0.2) is 24.3 Å². The molecule has 1 saturated carbocycles. The van der Waals surface area contributed by atoms with Gasteiger partial charge in [-0.15, -0.1) is 0 Å². The number of nitrogens with two attached hydrogens (primary N) is 1. The molecule has 0 aromatic heterocycles. The van der Waals surface area contributed by atoms with Crippen LogP contribution in [0.25, 0.3) is 0 Å². The van der Waals surface area contributed by atoms with Crippen LogP contribution in [0, 0.1) is 5.92 Å². The summed E-state index contributed by atoms with van der Waals surface area (Å²) in [5.41, 5.74) is 6.91. The van der Waals surface area contributed by atoms with E-state index in [1.54, 1.807) is 0 Å². The van der Waals surface area contributed by atoms with Gasteiger partial charge in [0.05, 0.1) is 0 Å². The van der Waals surface area contributed by atoms with Crippen molar-refractivity contribution in [2.75, 3.05) is 19.7 Å². The summed E-state index contributed by atoms with van der Waals surface area (Å²) >= 11 is 0. The molecule has 2 N–H and O–H groups in total. The minimum absolute atomic E-state index is 0.153. The second-order valence-corrected chi connectivity index (χ2v) is 6.02. The number of rotatable bonds is 4. The van der Waals surface area contributed by atoms with Crippen molar-refractivity contribution in [3.63, 3.8) is 0 Å². The van der Waals surface area contributed by atoms with Crippen molar-refractivity contribution in [1.29, 1.82) is 0 Å². The predicted octanol–water partition coefficient (Wildman–Crippen LogP) is 2.14. The Morgan fingerprint density at radius 2 is 2.19 bits per heavy atom. The second-order valence-electron chi connectivity index (χ2n) is 6.02. The summed E-state index contributed by atoms with van der Waals surface area (Å²) in [5, 5.41) is 0. The van der Waals surface area contributed by atoms with E-state index in [9.17, 15) is 4.79 Å². The molecule has 114 valence electrons. The van der Waals surface area contributed by atoms with Crippen LogP contribution in [-0.4, -0.2) is 36.5 Å². The first kappa shape index (κ1) is 14.4. The molecule has 1 aliphatic carbocycles. The van der Waals surface area contributed by atoms with Crippen LogP contribution < -0.4 is 10.5 Å². The second kappa shape index (κ2) is 6.06. The van der Waals surface area contributed by atoms with Crippen molar-refractivity contribution in [3.8, 4) is 5.75 Å². The van der Waals surface area contributed by atoms with Gasteiger partial charge in [-0.2, -0.15) is 0 Å². The monoisotopic (exact) mass is 288 g/mol. The largest absolute Gasteiger partial charge is 0.492 e. The smallest absolute Gasteiger partial charge is 0.233 e. The third-order valence-electron chi connectivity index (χ3n) is 4.94. The van der Waals surface area contributed by atoms with E-state index < -0.39 is 0 Å². The molecular formula is C17H24N2O2. The average Bonchev–Trinajstić information content (AvgIpc) is 3.14. The summed E-state index contributed by atoms with van der Waals surface area (Å²) in [7, 11) is 0. The molecule has 1 amide bonds. The number of carbonyl (C=O) groups is 1. The molecule has 0 bridgehead atoms. The standard InChI is InChI=1S/C17H24N2O2/c1-2-19(15-8-5-6-12(15)10-18)17(20)14-11-21-16-9-4-3-7-13(14)16/h3-4,7,9,12,14-15H,2,5-6,8,10-11,18H2,1H3. The maximum absolute atomic E-state index is 13.0. The lowest BCUT2D eigenvalue weighted by molar-refractivity contribution is -0.135. The first-order valence-corrected chi connectivity index (χ1v) is 7.98. The highest BCUT2D eigenvalue weighted by atomic mass is 16.5. The molecule has 0 radical (unpaired) electrons. The number of para-hydroxylation sites is 1. The van der Waals surface area contributed by atoms with Crippen molar-refractivity contribution in [2.45, 2.75) is 38.1 Å². The number of ether oxygens (including phenoxy) is 1. The number of hydrogen-bond acceptors (Lipinski definition) is 3. The first-order valence-electron chi connectivity index (χ1n) is 7.98. The number of benzene rings is 1. The SMILES string of the molecule is CCN(C(=O)C1COc2ccccc21)C1CCCC1CN. The number of nitrogens with zero attached hydrogens (tertiary/aromatic N) is 1. The Morgan fingerprint density at radius 1 is 1.38 bits per heavy atom. The zero-order valence-corrected chi connectivity index (χ0v) is 12.6. The summed E-state index contributed by atoms with van der Waals surface area (Å²) in [4.78, 5) is 15.0. The fraction of sp³-hybridized carbons (Fsp3) is 0.588. The van der Waals surface area contributed by atoms with Gasteiger partial charge >= 0.3 is 0 Å². The molecule has 0 saturated heterocycles. The molecule has 1 aromatic rings. The van der Waals surface area contributed by atoms with Gasteiger partial charge in [0, 0.05) is 18.2 Å². The van der Waals surface area contributed by atoms with Gasteiger partial charge < -0.3 is 15.4 Å². The molecule has 1 heterocycles. The van der Waals surface area contributed by atoms with Crippen LogP contribution in [0.3, 0.4) is 0 Å². The number of hydrogen-bond donors (Lipinski definition) is 1. The normalized spacial score (nSPS) is 27.2. The van der Waals surface area contributed by atoms with Gasteiger partial charge in [0.2, 0.25) is 5.91 Å². The average molecular weight is 288 g/mol. The molecule has 21 heavy (non-hydrogen) atoms. The lowest BCUT2D eigenvalue weighted by Crippen LogP contribution is -2.46. The van der Waals surface area contributed by atoms with Crippen LogP contribution in [0.1, 0.15) is 37.7 Å². The molecule has 4 nitrogen and oxygen atoms in total. The highest BCUT2D eigenvalue weighted by Gasteiger charge is 2.38. The fourth-order valence-corrected chi connectivity index (χ4v) is 3.82. The molecule has 1 aromatic carbocycles. The zero-order valence-electron chi connectivity index (χ0n) is 12.6. The highest BCUT2D eigenvalue weighted by Crippen LogP contribution is 2.37. The molecule has 2 aliphatic rings. The fourth-order valence-electron chi connectivity index (χ4n) is 3.82. The molecule has 0 spiro atoms. The maximum atomic E-state index is 13.0. The summed E-state index contributed by atoms with van der Waals surface area (Å²) in [5.74, 6) is 1.35. The van der Waals surface area contributed by atoms with E-state index >= 15 is 0 Å². The first-order chi connectivity index (χ1) is 10.3. The summed E-state index contributed by atoms with van der Waals surface area (Å²) < 4.78 is 5.67. The molecule has 4 heteroatoms. The van der Waals surface area contributed by atoms with Gasteiger partial charge in [0.1, 0.15) is 18.3 Å². The van der Waals surface area contributed by atoms with Crippen LogP contribution in [0.4, 0.5) is 0 Å². The number of carbonyl (C=O) groups excluding carboxylic acids is 1. The Morgan fingerprint density at radius 3 is 2.95 bits per heavy atom. The molecule has 3 atom stereocenters. The van der Waals surface area contributed by atoms with Crippen molar-refractivity contribution in [1.82, 2.24) is 4.90 Å². The van der Waals surface area contributed by atoms with Gasteiger partial charge in [-0.25, -0.2) is 0 Å². The third-order valence-corrected chi connectivity index (χ3v) is 4.94. The molecule has 3 rings (SSSR count). The van der Waals surface area contributed by atoms with E-state index in [2.05, 4.69) is 6.92 Å². The van der Waals surface area contributed by atoms with Gasteiger partial charge in [-0.3, -0.25) is 4.79 Å². The molecule has 1 aliphatic heterocycles. The van der Waals surface area contributed by atoms with Crippen LogP contribution in [0.5, 0.6) is 5.75 Å². The number of likely N-dealkylation sites (N-methyl/N-ethyl adjacent to an activating group) is 1. The Hall–Kier alpha value is -1.55. The lowest BCUT2D eigenvalue weighted by Gasteiger charge is -2.33. The highest BCUT2D eigenvalue weighted by molar-refractivity contribution is 5.86. The van der Waals surface area contributed by atoms with Crippen molar-refractivity contribution < 1.29 is 9.53 Å². The van der Waals surface area contributed by atoms with Crippen molar-refractivity contribution in [3.05, 3.63) is 29.8 Å². The number of amides is 1. The molecule has 3 unspecified atom stereocenters. The molecule has 1 fully saturated rings. The Labute approximate surface area is 126 Å². The van der Waals surface area contributed by atoms with E-state index in [4.69, 9.17) is 10.5 Å². The molecular weight excluding hydrogens is 264 g/mol. The van der Waals surface area contributed by atoms with Crippen LogP contribution >= 0.6 is 0 Å². The van der Waals surface area contributed by atoms with Gasteiger partial charge in [0.25, 0.3) is 0 Å². The van der Waals surface area contributed by atoms with E-state index in [0.29, 0.717) is 25.1 Å². The number of fused-ring (bicyclic) bond motifs is 1. The minimum atomic E-state index is -0.153. The van der Waals surface area contributed by atoms with E-state index in [0.717, 1.165) is 30.7 Å². The minimum Gasteiger partial charge on any atom is -0.492 e. The van der Waals surface area contributed by atoms with Crippen molar-refractivity contribution >= 4 is 5.91 Å². The van der Waals surface area contributed by atoms with Crippen LogP contribution in [0.2, 0.25) is 0 Å². The quantitative estimate of drug-likeness (QED) is 0.923. The summed E-state index contributed by atoms with van der Waals surface area (Å²) in [6, 6.07) is 8.18. The Kier molecular flexibility index (Phi) is 4.15. The maximum Gasteiger partial charge on any atom is 0.233 e. The summed E-state index contributed by atoms with van der Waals surface area (Å²) in [6.07, 6.45) is 3.40. The van der Waals surface area contributed by atoms with E-state index in [1.807, 2.05) is 29.2 Å². The topological polar surface area (TPSA) is 55.6 Å². The Balaban J connectivity index is 1.80. The van der Waals surface area contributed by atoms with Gasteiger partial charge in [0.15, 0.2) is 0 Å². The summed E-state index contributed by atoms with van der Waals surface area (Å²) in [6.45, 7) is 3.95. The third kappa shape index (κ3) is 2.53. The van der Waals surface area contributed by atoms with Gasteiger partial charge in [-0.05, 0) is 38.3 Å². The predicted molar refractivity (Wildman–Crippen MR) is 82.2 cm³/mol. The Bertz CT molecular complexity index is 517. The van der Waals surface area contributed by atoms with E-state index in [-0.39, 0.29) is 11.8 Å². The van der Waals surface area contributed by atoms with Gasteiger partial charge in [-0.1, -0.05) is 24.6 Å². The van der Waals surface area contributed by atoms with Crippen molar-refractivity contribution in [2.24, 2.45) is 11.7 Å².